The quantitative estimate of drug-likeness (QED) is 0.527. The largest absolute Gasteiger partial charge is 0.341 e. The van der Waals surface area contributed by atoms with Crippen molar-refractivity contribution in [2.24, 2.45) is 7.05 Å². The molecule has 7 heteroatoms. The van der Waals surface area contributed by atoms with Gasteiger partial charge in [0.15, 0.2) is 0 Å². The first-order chi connectivity index (χ1) is 14.1. The lowest BCUT2D eigenvalue weighted by molar-refractivity contribution is -0.122. The number of hydrogen-bond acceptors (Lipinski definition) is 3. The summed E-state index contributed by atoms with van der Waals surface area (Å²) in [7, 11) is 1.91. The number of fused-ring (bicyclic) bond motifs is 1. The third-order valence-corrected chi connectivity index (χ3v) is 5.23. The topological polar surface area (TPSA) is 64.7 Å². The molecule has 0 bridgehead atoms. The van der Waals surface area contributed by atoms with Crippen LogP contribution in [0.5, 0.6) is 0 Å². The Labute approximate surface area is 174 Å². The highest BCUT2D eigenvalue weighted by Gasteiger charge is 2.22. The van der Waals surface area contributed by atoms with E-state index in [4.69, 9.17) is 11.6 Å². The number of rotatable bonds is 6. The van der Waals surface area contributed by atoms with E-state index in [0.29, 0.717) is 5.02 Å². The molecule has 2 aromatic carbocycles. The zero-order chi connectivity index (χ0) is 20.4. The minimum absolute atomic E-state index is 0.106. The van der Waals surface area contributed by atoms with Crippen LogP contribution in [0.3, 0.4) is 0 Å². The maximum absolute atomic E-state index is 13.1. The average Bonchev–Trinajstić information content (AvgIpc) is 3.30. The molecule has 0 aliphatic heterocycles. The summed E-state index contributed by atoms with van der Waals surface area (Å²) < 4.78 is 3.88. The van der Waals surface area contributed by atoms with Crippen LogP contribution in [0, 0.1) is 0 Å². The summed E-state index contributed by atoms with van der Waals surface area (Å²) in [5.74, 6) is 1.54. The fourth-order valence-corrected chi connectivity index (χ4v) is 3.66. The Morgan fingerprint density at radius 1 is 1.17 bits per heavy atom. The van der Waals surface area contributed by atoms with Gasteiger partial charge < -0.3 is 14.5 Å². The van der Waals surface area contributed by atoms with Crippen LogP contribution in [0.25, 0.3) is 11.0 Å². The maximum Gasteiger partial charge on any atom is 0.240 e. The predicted octanol–water partition coefficient (Wildman–Crippen LogP) is 3.89. The van der Waals surface area contributed by atoms with Crippen molar-refractivity contribution in [3.63, 3.8) is 0 Å². The van der Waals surface area contributed by atoms with E-state index in [1.165, 1.54) is 0 Å². The molecular weight excluding hydrogens is 386 g/mol. The van der Waals surface area contributed by atoms with Gasteiger partial charge in [0.2, 0.25) is 5.91 Å². The Balaban J connectivity index is 1.64. The molecule has 29 heavy (non-hydrogen) atoms. The number of aryl methyl sites for hydroxylation is 2. The summed E-state index contributed by atoms with van der Waals surface area (Å²) >= 11 is 6.04. The Hall–Kier alpha value is -3.12. The molecule has 0 unspecified atom stereocenters. The molecular formula is C22H22ClN5O. The number of amides is 1. The standard InChI is InChI=1S/C22H22ClN5O/c1-3-19-25-17-6-4-5-7-18(17)28(19)14-20(29)26-21(22-24-12-13-27(22)2)15-8-10-16(23)11-9-15/h4-13,21H,3,14H2,1-2H3,(H,26,29)/t21-/m0/s1. The second-order valence-corrected chi connectivity index (χ2v) is 7.34. The molecule has 2 aromatic heterocycles. The zero-order valence-electron chi connectivity index (χ0n) is 16.3. The predicted molar refractivity (Wildman–Crippen MR) is 114 cm³/mol. The number of carbonyl (C=O) groups excluding carboxylic acids is 1. The van der Waals surface area contributed by atoms with E-state index in [0.717, 1.165) is 34.7 Å². The van der Waals surface area contributed by atoms with Crippen LogP contribution in [-0.2, 0) is 24.8 Å². The van der Waals surface area contributed by atoms with Crippen molar-refractivity contribution in [3.8, 4) is 0 Å². The highest BCUT2D eigenvalue weighted by Crippen LogP contribution is 2.23. The highest BCUT2D eigenvalue weighted by molar-refractivity contribution is 6.30. The fourth-order valence-electron chi connectivity index (χ4n) is 3.53. The molecule has 0 radical (unpaired) electrons. The Bertz CT molecular complexity index is 1150. The second kappa shape index (κ2) is 8.09. The van der Waals surface area contributed by atoms with Gasteiger partial charge in [0.25, 0.3) is 0 Å². The zero-order valence-corrected chi connectivity index (χ0v) is 17.1. The number of nitrogens with zero attached hydrogens (tertiary/aromatic N) is 4. The van der Waals surface area contributed by atoms with Crippen molar-refractivity contribution >= 4 is 28.5 Å². The number of para-hydroxylation sites is 2. The number of nitrogens with one attached hydrogen (secondary N) is 1. The molecule has 0 spiro atoms. The summed E-state index contributed by atoms with van der Waals surface area (Å²) in [5.41, 5.74) is 2.78. The van der Waals surface area contributed by atoms with E-state index in [1.807, 2.05) is 77.8 Å². The van der Waals surface area contributed by atoms with Crippen LogP contribution in [0.4, 0.5) is 0 Å². The Kier molecular flexibility index (Phi) is 5.36. The molecule has 0 aliphatic carbocycles. The van der Waals surface area contributed by atoms with Crippen molar-refractivity contribution in [3.05, 3.63) is 83.2 Å². The van der Waals surface area contributed by atoms with Gasteiger partial charge >= 0.3 is 0 Å². The summed E-state index contributed by atoms with van der Waals surface area (Å²) in [6.07, 6.45) is 4.34. The highest BCUT2D eigenvalue weighted by atomic mass is 35.5. The Morgan fingerprint density at radius 2 is 1.93 bits per heavy atom. The lowest BCUT2D eigenvalue weighted by Crippen LogP contribution is -2.34. The molecule has 0 fully saturated rings. The minimum atomic E-state index is -0.375. The van der Waals surface area contributed by atoms with Gasteiger partial charge in [0.05, 0.1) is 11.0 Å². The minimum Gasteiger partial charge on any atom is -0.341 e. The molecule has 0 aliphatic rings. The van der Waals surface area contributed by atoms with E-state index in [1.54, 1.807) is 6.20 Å². The van der Waals surface area contributed by atoms with E-state index < -0.39 is 0 Å². The van der Waals surface area contributed by atoms with E-state index in [9.17, 15) is 4.79 Å². The SMILES string of the molecule is CCc1nc2ccccc2n1CC(=O)N[C@@H](c1ccc(Cl)cc1)c1nccn1C. The summed E-state index contributed by atoms with van der Waals surface area (Å²) in [6.45, 7) is 2.23. The van der Waals surface area contributed by atoms with Crippen LogP contribution in [0.1, 0.15) is 30.2 Å². The van der Waals surface area contributed by atoms with Gasteiger partial charge in [-0.05, 0) is 29.8 Å². The van der Waals surface area contributed by atoms with Crippen molar-refractivity contribution in [2.75, 3.05) is 0 Å². The number of aromatic nitrogens is 4. The molecule has 6 nitrogen and oxygen atoms in total. The molecule has 0 saturated carbocycles. The van der Waals surface area contributed by atoms with Crippen molar-refractivity contribution in [1.29, 1.82) is 0 Å². The average molecular weight is 408 g/mol. The van der Waals surface area contributed by atoms with Gasteiger partial charge in [-0.3, -0.25) is 4.79 Å². The summed E-state index contributed by atoms with van der Waals surface area (Å²) in [5, 5.41) is 3.79. The summed E-state index contributed by atoms with van der Waals surface area (Å²) in [4.78, 5) is 22.1. The summed E-state index contributed by atoms with van der Waals surface area (Å²) in [6, 6.07) is 14.9. The first-order valence-electron chi connectivity index (χ1n) is 9.53. The van der Waals surface area contributed by atoms with E-state index >= 15 is 0 Å². The maximum atomic E-state index is 13.1. The normalized spacial score (nSPS) is 12.2. The first kappa shape index (κ1) is 19.2. The number of carbonyl (C=O) groups is 1. The number of imidazole rings is 2. The Morgan fingerprint density at radius 3 is 2.62 bits per heavy atom. The molecule has 1 N–H and O–H groups in total. The first-order valence-corrected chi connectivity index (χ1v) is 9.90. The van der Waals surface area contributed by atoms with Crippen LogP contribution < -0.4 is 5.32 Å². The second-order valence-electron chi connectivity index (χ2n) is 6.90. The van der Waals surface area contributed by atoms with Crippen LogP contribution in [-0.4, -0.2) is 25.0 Å². The van der Waals surface area contributed by atoms with Crippen molar-refractivity contribution in [1.82, 2.24) is 24.4 Å². The monoisotopic (exact) mass is 407 g/mol. The molecule has 2 heterocycles. The van der Waals surface area contributed by atoms with Crippen molar-refractivity contribution in [2.45, 2.75) is 25.9 Å². The fraction of sp³-hybridized carbons (Fsp3) is 0.227. The van der Waals surface area contributed by atoms with E-state index in [2.05, 4.69) is 15.3 Å². The number of hydrogen-bond donors (Lipinski definition) is 1. The van der Waals surface area contributed by atoms with E-state index in [-0.39, 0.29) is 18.5 Å². The van der Waals surface area contributed by atoms with Gasteiger partial charge in [0.1, 0.15) is 24.2 Å². The smallest absolute Gasteiger partial charge is 0.240 e. The van der Waals surface area contributed by atoms with Gasteiger partial charge in [-0.1, -0.05) is 42.8 Å². The van der Waals surface area contributed by atoms with Gasteiger partial charge in [-0.25, -0.2) is 9.97 Å². The third-order valence-electron chi connectivity index (χ3n) is 4.98. The van der Waals surface area contributed by atoms with Gasteiger partial charge in [0, 0.05) is 30.9 Å². The van der Waals surface area contributed by atoms with Crippen LogP contribution in [0.2, 0.25) is 5.02 Å². The molecule has 4 aromatic rings. The van der Waals surface area contributed by atoms with Crippen LogP contribution >= 0.6 is 11.6 Å². The number of halogens is 1. The molecule has 1 amide bonds. The number of benzene rings is 2. The molecule has 4 rings (SSSR count). The van der Waals surface area contributed by atoms with Crippen LogP contribution in [0.15, 0.2) is 60.9 Å². The molecule has 0 saturated heterocycles. The molecule has 1 atom stereocenters. The van der Waals surface area contributed by atoms with Crippen molar-refractivity contribution < 1.29 is 4.79 Å². The van der Waals surface area contributed by atoms with Gasteiger partial charge in [-0.2, -0.15) is 0 Å². The lowest BCUT2D eigenvalue weighted by Gasteiger charge is -2.20. The molecule has 148 valence electrons. The lowest BCUT2D eigenvalue weighted by atomic mass is 10.1. The van der Waals surface area contributed by atoms with Gasteiger partial charge in [-0.15, -0.1) is 0 Å². The third kappa shape index (κ3) is 3.89.